The van der Waals surface area contributed by atoms with Gasteiger partial charge in [-0.25, -0.2) is 4.39 Å². The smallest absolute Gasteiger partial charge is 0.279 e. The number of furan rings is 1. The van der Waals surface area contributed by atoms with E-state index in [4.69, 9.17) is 4.42 Å². The molecule has 4 nitrogen and oxygen atoms in total. The van der Waals surface area contributed by atoms with Crippen LogP contribution >= 0.6 is 0 Å². The summed E-state index contributed by atoms with van der Waals surface area (Å²) in [7, 11) is 1.92. The molecule has 1 aromatic heterocycles. The van der Waals surface area contributed by atoms with Crippen molar-refractivity contribution in [1.29, 1.82) is 0 Å². The molecule has 2 aromatic rings. The van der Waals surface area contributed by atoms with Crippen LogP contribution in [0.2, 0.25) is 0 Å². The molecular weight excluding hydrogens is 259 g/mol. The molecule has 2 rings (SSSR count). The Morgan fingerprint density at radius 1 is 1.25 bits per heavy atom. The van der Waals surface area contributed by atoms with E-state index in [1.807, 2.05) is 26.1 Å². The van der Waals surface area contributed by atoms with Crippen molar-refractivity contribution in [3.63, 3.8) is 0 Å². The summed E-state index contributed by atoms with van der Waals surface area (Å²) in [5, 5.41) is 2.73. The Kier molecular flexibility index (Phi) is 4.53. The number of anilines is 1. The summed E-state index contributed by atoms with van der Waals surface area (Å²) >= 11 is 0. The second-order valence-corrected chi connectivity index (χ2v) is 4.88. The zero-order valence-corrected chi connectivity index (χ0v) is 11.6. The molecule has 0 spiro atoms. The molecule has 1 amide bonds. The van der Waals surface area contributed by atoms with Crippen LogP contribution in [0.1, 0.15) is 11.5 Å². The number of likely N-dealkylation sites (N-methyl/N-ethyl adjacent to an activating group) is 1. The second-order valence-electron chi connectivity index (χ2n) is 4.88. The maximum Gasteiger partial charge on any atom is 0.279 e. The summed E-state index contributed by atoms with van der Waals surface area (Å²) in [5.74, 6) is 1.29. The summed E-state index contributed by atoms with van der Waals surface area (Å²) in [6, 6.07) is 9.53. The maximum atomic E-state index is 12.8. The highest BCUT2D eigenvalue weighted by Gasteiger charge is 2.12. The number of rotatable bonds is 5. The number of quaternary nitrogens is 1. The van der Waals surface area contributed by atoms with Crippen LogP contribution in [0.25, 0.3) is 0 Å². The third-order valence-corrected chi connectivity index (χ3v) is 2.86. The molecule has 1 unspecified atom stereocenters. The van der Waals surface area contributed by atoms with Gasteiger partial charge in [0.05, 0.1) is 7.05 Å². The minimum absolute atomic E-state index is 0.114. The van der Waals surface area contributed by atoms with Gasteiger partial charge < -0.3 is 14.6 Å². The minimum Gasteiger partial charge on any atom is -0.460 e. The first-order valence-corrected chi connectivity index (χ1v) is 6.45. The average Bonchev–Trinajstić information content (AvgIpc) is 2.77. The fraction of sp³-hybridized carbons (Fsp3) is 0.267. The number of carbonyl (C=O) groups excluding carboxylic acids is 1. The Morgan fingerprint density at radius 2 is 1.95 bits per heavy atom. The number of halogens is 1. The van der Waals surface area contributed by atoms with Crippen molar-refractivity contribution in [3.05, 3.63) is 53.7 Å². The van der Waals surface area contributed by atoms with Gasteiger partial charge >= 0.3 is 0 Å². The van der Waals surface area contributed by atoms with Crippen molar-refractivity contribution in [2.45, 2.75) is 13.5 Å². The zero-order chi connectivity index (χ0) is 14.5. The van der Waals surface area contributed by atoms with E-state index in [0.29, 0.717) is 18.8 Å². The fourth-order valence-corrected chi connectivity index (χ4v) is 1.95. The Bertz CT molecular complexity index is 578. The monoisotopic (exact) mass is 277 g/mol. The SMILES string of the molecule is Cc1ccc(C[NH+](C)CC(=O)Nc2ccc(F)cc2)o1. The van der Waals surface area contributed by atoms with Gasteiger partial charge in [0, 0.05) is 5.69 Å². The van der Waals surface area contributed by atoms with Crippen molar-refractivity contribution in [2.24, 2.45) is 0 Å². The van der Waals surface area contributed by atoms with Gasteiger partial charge in [-0.2, -0.15) is 0 Å². The van der Waals surface area contributed by atoms with Crippen LogP contribution in [0.4, 0.5) is 10.1 Å². The van der Waals surface area contributed by atoms with Gasteiger partial charge in [0.2, 0.25) is 0 Å². The molecule has 5 heteroatoms. The summed E-state index contributed by atoms with van der Waals surface area (Å²) in [6.07, 6.45) is 0. The quantitative estimate of drug-likeness (QED) is 0.867. The Balaban J connectivity index is 1.83. The minimum atomic E-state index is -0.320. The molecule has 0 saturated carbocycles. The van der Waals surface area contributed by atoms with E-state index in [0.717, 1.165) is 16.4 Å². The molecule has 0 aliphatic rings. The number of hydrogen-bond acceptors (Lipinski definition) is 2. The van der Waals surface area contributed by atoms with Crippen molar-refractivity contribution in [3.8, 4) is 0 Å². The molecule has 106 valence electrons. The van der Waals surface area contributed by atoms with Crippen molar-refractivity contribution < 1.29 is 18.5 Å². The predicted molar refractivity (Wildman–Crippen MR) is 73.9 cm³/mol. The highest BCUT2D eigenvalue weighted by atomic mass is 19.1. The van der Waals surface area contributed by atoms with Crippen LogP contribution in [0.3, 0.4) is 0 Å². The van der Waals surface area contributed by atoms with E-state index in [-0.39, 0.29) is 11.7 Å². The fourth-order valence-electron chi connectivity index (χ4n) is 1.95. The van der Waals surface area contributed by atoms with Crippen LogP contribution in [0.5, 0.6) is 0 Å². The van der Waals surface area contributed by atoms with Gasteiger partial charge in [-0.05, 0) is 43.3 Å². The lowest BCUT2D eigenvalue weighted by Gasteiger charge is -2.12. The molecule has 0 fully saturated rings. The molecule has 1 aromatic carbocycles. The van der Waals surface area contributed by atoms with Crippen LogP contribution in [-0.4, -0.2) is 19.5 Å². The maximum absolute atomic E-state index is 12.8. The zero-order valence-electron chi connectivity index (χ0n) is 11.6. The third-order valence-electron chi connectivity index (χ3n) is 2.86. The van der Waals surface area contributed by atoms with E-state index in [1.165, 1.54) is 12.1 Å². The van der Waals surface area contributed by atoms with E-state index < -0.39 is 0 Å². The molecule has 0 saturated heterocycles. The molecule has 0 bridgehead atoms. The first-order valence-electron chi connectivity index (χ1n) is 6.45. The van der Waals surface area contributed by atoms with Gasteiger partial charge in [-0.1, -0.05) is 0 Å². The highest BCUT2D eigenvalue weighted by Crippen LogP contribution is 2.07. The summed E-state index contributed by atoms with van der Waals surface area (Å²) in [4.78, 5) is 12.9. The van der Waals surface area contributed by atoms with E-state index in [1.54, 1.807) is 12.1 Å². The predicted octanol–water partition coefficient (Wildman–Crippen LogP) is 1.38. The lowest BCUT2D eigenvalue weighted by atomic mass is 10.3. The van der Waals surface area contributed by atoms with Crippen LogP contribution in [0, 0.1) is 12.7 Å². The van der Waals surface area contributed by atoms with Gasteiger partial charge in [0.1, 0.15) is 18.1 Å². The number of aryl methyl sites for hydroxylation is 1. The number of amides is 1. The molecule has 0 radical (unpaired) electrons. The van der Waals surface area contributed by atoms with Crippen molar-refractivity contribution in [1.82, 2.24) is 0 Å². The van der Waals surface area contributed by atoms with Crippen LogP contribution < -0.4 is 10.2 Å². The first kappa shape index (κ1) is 14.3. The summed E-state index contributed by atoms with van der Waals surface area (Å²) in [6.45, 7) is 2.85. The number of carbonyl (C=O) groups is 1. The van der Waals surface area contributed by atoms with E-state index in [2.05, 4.69) is 5.32 Å². The lowest BCUT2D eigenvalue weighted by molar-refractivity contribution is -0.886. The van der Waals surface area contributed by atoms with Crippen molar-refractivity contribution >= 4 is 11.6 Å². The van der Waals surface area contributed by atoms with Gasteiger partial charge in [0.25, 0.3) is 5.91 Å². The number of benzene rings is 1. The molecule has 1 heterocycles. The molecule has 0 aliphatic heterocycles. The largest absolute Gasteiger partial charge is 0.460 e. The third kappa shape index (κ3) is 4.20. The number of nitrogens with one attached hydrogen (secondary N) is 2. The molecular formula is C15H18FN2O2+. The van der Waals surface area contributed by atoms with E-state index in [9.17, 15) is 9.18 Å². The van der Waals surface area contributed by atoms with Crippen molar-refractivity contribution in [2.75, 3.05) is 18.9 Å². The van der Waals surface area contributed by atoms with Gasteiger partial charge in [-0.15, -0.1) is 0 Å². The molecule has 0 aliphatic carbocycles. The molecule has 1 atom stereocenters. The Labute approximate surface area is 117 Å². The molecule has 20 heavy (non-hydrogen) atoms. The highest BCUT2D eigenvalue weighted by molar-refractivity contribution is 5.91. The Hall–Kier alpha value is -2.14. The van der Waals surface area contributed by atoms with Gasteiger partial charge in [0.15, 0.2) is 12.3 Å². The van der Waals surface area contributed by atoms with E-state index >= 15 is 0 Å². The standard InChI is InChI=1S/C15H17FN2O2/c1-11-3-8-14(20-11)9-18(2)10-15(19)17-13-6-4-12(16)5-7-13/h3-8H,9-10H2,1-2H3,(H,17,19)/p+1. The summed E-state index contributed by atoms with van der Waals surface area (Å²) < 4.78 is 18.2. The van der Waals surface area contributed by atoms with Crippen LogP contribution in [0.15, 0.2) is 40.8 Å². The Morgan fingerprint density at radius 3 is 2.55 bits per heavy atom. The topological polar surface area (TPSA) is 46.7 Å². The number of hydrogen-bond donors (Lipinski definition) is 2. The lowest BCUT2D eigenvalue weighted by Crippen LogP contribution is -3.08. The van der Waals surface area contributed by atoms with Crippen LogP contribution in [-0.2, 0) is 11.3 Å². The average molecular weight is 277 g/mol. The van der Waals surface area contributed by atoms with Gasteiger partial charge in [-0.3, -0.25) is 4.79 Å². The normalized spacial score (nSPS) is 12.2. The second kappa shape index (κ2) is 6.34. The summed E-state index contributed by atoms with van der Waals surface area (Å²) in [5.41, 5.74) is 0.595. The first-order chi connectivity index (χ1) is 9.52. The molecule has 2 N–H and O–H groups in total.